The van der Waals surface area contributed by atoms with Gasteiger partial charge in [0.15, 0.2) is 0 Å². The average Bonchev–Trinajstić information content (AvgIpc) is 2.35. The number of hydrogen-bond donors (Lipinski definition) is 2. The fourth-order valence-corrected chi connectivity index (χ4v) is 3.73. The van der Waals surface area contributed by atoms with Crippen molar-refractivity contribution in [3.63, 3.8) is 0 Å². The molecule has 106 valence electrons. The molecule has 1 aromatic rings. The van der Waals surface area contributed by atoms with E-state index in [1.54, 1.807) is 0 Å². The minimum atomic E-state index is -3.68. The van der Waals surface area contributed by atoms with Crippen molar-refractivity contribution >= 4 is 26.0 Å². The van der Waals surface area contributed by atoms with Crippen LogP contribution in [0.1, 0.15) is 19.8 Å². The van der Waals surface area contributed by atoms with Gasteiger partial charge in [-0.1, -0.05) is 0 Å². The summed E-state index contributed by atoms with van der Waals surface area (Å²) < 4.78 is 40.7. The van der Waals surface area contributed by atoms with Crippen molar-refractivity contribution < 1.29 is 12.8 Å². The summed E-state index contributed by atoms with van der Waals surface area (Å²) in [6.07, 6.45) is 1.71. The molecule has 0 saturated carbocycles. The first kappa shape index (κ1) is 14.9. The molecule has 19 heavy (non-hydrogen) atoms. The minimum absolute atomic E-state index is 0.0500. The summed E-state index contributed by atoms with van der Waals surface area (Å²) in [7, 11) is -3.68. The Morgan fingerprint density at radius 3 is 2.84 bits per heavy atom. The highest BCUT2D eigenvalue weighted by Crippen LogP contribution is 2.20. The van der Waals surface area contributed by atoms with E-state index in [1.165, 1.54) is 12.1 Å². The maximum atomic E-state index is 13.4. The zero-order valence-electron chi connectivity index (χ0n) is 10.5. The number of sulfonamides is 1. The molecule has 1 heterocycles. The molecule has 2 atom stereocenters. The maximum Gasteiger partial charge on any atom is 0.240 e. The van der Waals surface area contributed by atoms with Gasteiger partial charge in [0.2, 0.25) is 10.0 Å². The number of piperidine rings is 1. The van der Waals surface area contributed by atoms with E-state index in [4.69, 9.17) is 0 Å². The van der Waals surface area contributed by atoms with Gasteiger partial charge in [0.1, 0.15) is 5.82 Å². The lowest BCUT2D eigenvalue weighted by atomic mass is 10.0. The van der Waals surface area contributed by atoms with Crippen LogP contribution < -0.4 is 10.0 Å². The number of halogens is 2. The van der Waals surface area contributed by atoms with E-state index in [0.29, 0.717) is 0 Å². The van der Waals surface area contributed by atoms with Gasteiger partial charge < -0.3 is 5.32 Å². The molecule has 1 aliphatic heterocycles. The summed E-state index contributed by atoms with van der Waals surface area (Å²) in [6, 6.07) is 3.71. The summed E-state index contributed by atoms with van der Waals surface area (Å²) in [5, 5.41) is 3.22. The Balaban J connectivity index is 2.19. The summed E-state index contributed by atoms with van der Waals surface area (Å²) >= 11 is 3.00. The zero-order chi connectivity index (χ0) is 14.0. The summed E-state index contributed by atoms with van der Waals surface area (Å²) in [6.45, 7) is 2.83. The van der Waals surface area contributed by atoms with Crippen LogP contribution in [-0.2, 0) is 10.0 Å². The molecule has 0 aromatic heterocycles. The third-order valence-corrected chi connectivity index (χ3v) is 5.40. The van der Waals surface area contributed by atoms with Crippen LogP contribution in [0.2, 0.25) is 0 Å². The maximum absolute atomic E-state index is 13.4. The van der Waals surface area contributed by atoms with E-state index in [1.807, 2.05) is 6.92 Å². The predicted octanol–water partition coefficient (Wildman–Crippen LogP) is 2.01. The first-order chi connectivity index (χ1) is 8.90. The monoisotopic (exact) mass is 350 g/mol. The molecule has 0 amide bonds. The van der Waals surface area contributed by atoms with Crippen LogP contribution in [0.3, 0.4) is 0 Å². The molecular formula is C12H16BrFN2O2S. The lowest BCUT2D eigenvalue weighted by molar-refractivity contribution is 0.348. The lowest BCUT2D eigenvalue weighted by Crippen LogP contribution is -2.51. The Morgan fingerprint density at radius 2 is 2.21 bits per heavy atom. The van der Waals surface area contributed by atoms with E-state index < -0.39 is 15.8 Å². The van der Waals surface area contributed by atoms with Crippen LogP contribution in [-0.4, -0.2) is 27.0 Å². The Hall–Kier alpha value is -0.500. The van der Waals surface area contributed by atoms with Gasteiger partial charge in [-0.15, -0.1) is 0 Å². The highest BCUT2D eigenvalue weighted by molar-refractivity contribution is 9.10. The van der Waals surface area contributed by atoms with Gasteiger partial charge in [-0.2, -0.15) is 0 Å². The summed E-state index contributed by atoms with van der Waals surface area (Å²) in [5.74, 6) is -0.585. The minimum Gasteiger partial charge on any atom is -0.313 e. The zero-order valence-corrected chi connectivity index (χ0v) is 12.9. The number of hydrogen-bond acceptors (Lipinski definition) is 3. The standard InChI is InChI=1S/C12H16BrFN2O2S/c1-8-12(3-2-6-15-8)16-19(17,18)9-4-5-10(13)11(14)7-9/h4-5,7-8,12,15-16H,2-3,6H2,1H3. The highest BCUT2D eigenvalue weighted by Gasteiger charge is 2.26. The highest BCUT2D eigenvalue weighted by atomic mass is 79.9. The van der Waals surface area contributed by atoms with E-state index in [9.17, 15) is 12.8 Å². The third kappa shape index (κ3) is 3.53. The van der Waals surface area contributed by atoms with Crippen LogP contribution in [0.15, 0.2) is 27.6 Å². The molecule has 0 bridgehead atoms. The number of nitrogens with one attached hydrogen (secondary N) is 2. The van der Waals surface area contributed by atoms with Crippen molar-refractivity contribution in [2.45, 2.75) is 36.7 Å². The normalized spacial score (nSPS) is 24.4. The molecule has 4 nitrogen and oxygen atoms in total. The Kier molecular flexibility index (Phi) is 4.60. The SMILES string of the molecule is CC1NCCCC1NS(=O)(=O)c1ccc(Br)c(F)c1. The molecule has 1 saturated heterocycles. The second-order valence-electron chi connectivity index (χ2n) is 4.69. The lowest BCUT2D eigenvalue weighted by Gasteiger charge is -2.30. The summed E-state index contributed by atoms with van der Waals surface area (Å²) in [4.78, 5) is -0.0500. The number of benzene rings is 1. The molecule has 0 spiro atoms. The van der Waals surface area contributed by atoms with Crippen molar-refractivity contribution in [1.29, 1.82) is 0 Å². The van der Waals surface area contributed by atoms with Gasteiger partial charge in [-0.25, -0.2) is 17.5 Å². The van der Waals surface area contributed by atoms with Crippen molar-refractivity contribution in [3.8, 4) is 0 Å². The topological polar surface area (TPSA) is 58.2 Å². The van der Waals surface area contributed by atoms with Crippen molar-refractivity contribution in [2.75, 3.05) is 6.54 Å². The predicted molar refractivity (Wildman–Crippen MR) is 74.9 cm³/mol. The van der Waals surface area contributed by atoms with Gasteiger partial charge in [0, 0.05) is 12.1 Å². The molecule has 2 unspecified atom stereocenters. The van der Waals surface area contributed by atoms with Crippen LogP contribution in [0, 0.1) is 5.82 Å². The van der Waals surface area contributed by atoms with Crippen LogP contribution in [0.5, 0.6) is 0 Å². The quantitative estimate of drug-likeness (QED) is 0.876. The molecule has 7 heteroatoms. The van der Waals surface area contributed by atoms with Crippen molar-refractivity contribution in [1.82, 2.24) is 10.0 Å². The van der Waals surface area contributed by atoms with E-state index in [0.717, 1.165) is 25.5 Å². The molecule has 1 fully saturated rings. The first-order valence-electron chi connectivity index (χ1n) is 6.11. The van der Waals surface area contributed by atoms with Crippen LogP contribution >= 0.6 is 15.9 Å². The van der Waals surface area contributed by atoms with Crippen LogP contribution in [0.4, 0.5) is 4.39 Å². The van der Waals surface area contributed by atoms with Gasteiger partial charge in [-0.3, -0.25) is 0 Å². The molecule has 0 aliphatic carbocycles. The van der Waals surface area contributed by atoms with Gasteiger partial charge in [-0.05, 0) is 60.4 Å². The van der Waals surface area contributed by atoms with Crippen molar-refractivity contribution in [2.24, 2.45) is 0 Å². The van der Waals surface area contributed by atoms with E-state index in [2.05, 4.69) is 26.0 Å². The van der Waals surface area contributed by atoms with Crippen LogP contribution in [0.25, 0.3) is 0 Å². The Bertz CT molecular complexity index is 565. The molecule has 2 N–H and O–H groups in total. The first-order valence-corrected chi connectivity index (χ1v) is 8.38. The molecule has 0 radical (unpaired) electrons. The molecule has 2 rings (SSSR count). The smallest absolute Gasteiger partial charge is 0.240 e. The Labute approximate surface area is 121 Å². The fraction of sp³-hybridized carbons (Fsp3) is 0.500. The van der Waals surface area contributed by atoms with E-state index in [-0.39, 0.29) is 21.5 Å². The third-order valence-electron chi connectivity index (χ3n) is 3.27. The van der Waals surface area contributed by atoms with E-state index >= 15 is 0 Å². The van der Waals surface area contributed by atoms with Crippen molar-refractivity contribution in [3.05, 3.63) is 28.5 Å². The van der Waals surface area contributed by atoms with Gasteiger partial charge >= 0.3 is 0 Å². The average molecular weight is 351 g/mol. The van der Waals surface area contributed by atoms with Gasteiger partial charge in [0.25, 0.3) is 0 Å². The molecule has 1 aromatic carbocycles. The fourth-order valence-electron chi connectivity index (χ4n) is 2.12. The summed E-state index contributed by atoms with van der Waals surface area (Å²) in [5.41, 5.74) is 0. The van der Waals surface area contributed by atoms with Gasteiger partial charge in [0.05, 0.1) is 9.37 Å². The molecule has 1 aliphatic rings. The number of rotatable bonds is 3. The second kappa shape index (κ2) is 5.87. The largest absolute Gasteiger partial charge is 0.313 e. The Morgan fingerprint density at radius 1 is 1.47 bits per heavy atom. The molecular weight excluding hydrogens is 335 g/mol. The second-order valence-corrected chi connectivity index (χ2v) is 7.26.